The number of ether oxygens (including phenoxy) is 1. The van der Waals surface area contributed by atoms with Crippen molar-refractivity contribution in [2.24, 2.45) is 0 Å². The molecule has 7 heteroatoms. The summed E-state index contributed by atoms with van der Waals surface area (Å²) in [5.41, 5.74) is 0. The third-order valence-corrected chi connectivity index (χ3v) is 4.57. The van der Waals surface area contributed by atoms with E-state index in [9.17, 15) is 14.7 Å². The van der Waals surface area contributed by atoms with Crippen molar-refractivity contribution in [3.05, 3.63) is 0 Å². The molecule has 3 unspecified atom stereocenters. The Bertz CT molecular complexity index is 404. The van der Waals surface area contributed by atoms with Crippen LogP contribution in [0.1, 0.15) is 20.3 Å². The van der Waals surface area contributed by atoms with E-state index in [2.05, 4.69) is 18.7 Å². The van der Waals surface area contributed by atoms with Gasteiger partial charge in [-0.05, 0) is 13.5 Å². The molecular formula is C14H25N3O4. The zero-order valence-corrected chi connectivity index (χ0v) is 13.0. The molecule has 2 rings (SSSR count). The lowest BCUT2D eigenvalue weighted by molar-refractivity contribution is -0.141. The summed E-state index contributed by atoms with van der Waals surface area (Å²) in [6.07, 6.45) is 0.173. The summed E-state index contributed by atoms with van der Waals surface area (Å²) in [5.74, 6) is -0.955. The van der Waals surface area contributed by atoms with Gasteiger partial charge in [-0.25, -0.2) is 9.59 Å². The average Bonchev–Trinajstić information content (AvgIpc) is 2.90. The van der Waals surface area contributed by atoms with Crippen LogP contribution >= 0.6 is 0 Å². The number of hydrogen-bond acceptors (Lipinski definition) is 4. The summed E-state index contributed by atoms with van der Waals surface area (Å²) >= 11 is 0. The van der Waals surface area contributed by atoms with Crippen molar-refractivity contribution in [1.82, 2.24) is 14.7 Å². The first-order chi connectivity index (χ1) is 9.97. The Balaban J connectivity index is 2.03. The Morgan fingerprint density at radius 3 is 2.52 bits per heavy atom. The maximum absolute atomic E-state index is 12.6. The molecule has 7 nitrogen and oxygen atoms in total. The van der Waals surface area contributed by atoms with E-state index in [4.69, 9.17) is 4.74 Å². The van der Waals surface area contributed by atoms with Gasteiger partial charge < -0.3 is 19.6 Å². The predicted octanol–water partition coefficient (Wildman–Crippen LogP) is 0.306. The Morgan fingerprint density at radius 1 is 1.29 bits per heavy atom. The van der Waals surface area contributed by atoms with Crippen LogP contribution in [0.25, 0.3) is 0 Å². The monoisotopic (exact) mass is 299 g/mol. The number of likely N-dealkylation sites (tertiary alicyclic amines) is 1. The summed E-state index contributed by atoms with van der Waals surface area (Å²) in [6.45, 7) is 7.66. The molecule has 2 saturated heterocycles. The molecular weight excluding hydrogens is 274 g/mol. The van der Waals surface area contributed by atoms with Crippen LogP contribution in [0.3, 0.4) is 0 Å². The molecule has 1 N–H and O–H groups in total. The molecule has 2 aliphatic rings. The van der Waals surface area contributed by atoms with Crippen LogP contribution in [0.2, 0.25) is 0 Å². The van der Waals surface area contributed by atoms with Crippen LogP contribution in [0.15, 0.2) is 0 Å². The molecule has 120 valence electrons. The molecule has 2 fully saturated rings. The highest BCUT2D eigenvalue weighted by molar-refractivity contribution is 5.83. The van der Waals surface area contributed by atoms with Crippen molar-refractivity contribution in [2.75, 3.05) is 39.8 Å². The van der Waals surface area contributed by atoms with Gasteiger partial charge in [0.15, 0.2) is 0 Å². The molecule has 0 spiro atoms. The number of hydrogen-bond donors (Lipinski definition) is 1. The van der Waals surface area contributed by atoms with E-state index in [1.165, 1.54) is 4.90 Å². The van der Waals surface area contributed by atoms with Crippen molar-refractivity contribution in [2.45, 2.75) is 38.5 Å². The maximum atomic E-state index is 12.6. The van der Waals surface area contributed by atoms with Crippen molar-refractivity contribution in [3.63, 3.8) is 0 Å². The van der Waals surface area contributed by atoms with Crippen LogP contribution in [0.5, 0.6) is 0 Å². The molecule has 0 saturated carbocycles. The number of nitrogens with zero attached hydrogens (tertiary/aromatic N) is 3. The normalized spacial score (nSPS) is 30.7. The third kappa shape index (κ3) is 3.29. The van der Waals surface area contributed by atoms with Crippen LogP contribution < -0.4 is 0 Å². The maximum Gasteiger partial charge on any atom is 0.326 e. The highest BCUT2D eigenvalue weighted by atomic mass is 16.5. The number of carbonyl (C=O) groups is 2. The second-order valence-corrected chi connectivity index (χ2v) is 5.81. The Hall–Kier alpha value is -1.34. The lowest BCUT2D eigenvalue weighted by Crippen LogP contribution is -2.57. The van der Waals surface area contributed by atoms with Crippen molar-refractivity contribution in [1.29, 1.82) is 0 Å². The minimum Gasteiger partial charge on any atom is -0.480 e. The highest BCUT2D eigenvalue weighted by Gasteiger charge is 2.42. The standard InChI is InChI=1S/C14H25N3O4/c1-4-15-5-6-16(8-10(15)2)14(20)17-9-11(21-3)7-12(17)13(18)19/h10-12H,4-9H2,1-3H3,(H,18,19). The number of carbonyl (C=O) groups excluding carboxylic acids is 1. The summed E-state index contributed by atoms with van der Waals surface area (Å²) in [6, 6.07) is -0.650. The number of amides is 2. The predicted molar refractivity (Wildman–Crippen MR) is 77.2 cm³/mol. The molecule has 21 heavy (non-hydrogen) atoms. The molecule has 0 aliphatic carbocycles. The van der Waals surface area contributed by atoms with Gasteiger partial charge in [-0.15, -0.1) is 0 Å². The second-order valence-electron chi connectivity index (χ2n) is 5.81. The molecule has 2 amide bonds. The largest absolute Gasteiger partial charge is 0.480 e. The van der Waals surface area contributed by atoms with Gasteiger partial charge in [0.1, 0.15) is 6.04 Å². The van der Waals surface area contributed by atoms with Crippen molar-refractivity contribution >= 4 is 12.0 Å². The van der Waals surface area contributed by atoms with Gasteiger partial charge >= 0.3 is 12.0 Å². The van der Waals surface area contributed by atoms with E-state index in [0.29, 0.717) is 32.1 Å². The van der Waals surface area contributed by atoms with Crippen LogP contribution in [0, 0.1) is 0 Å². The number of urea groups is 1. The molecule has 0 aromatic heterocycles. The van der Waals surface area contributed by atoms with Gasteiger partial charge in [0, 0.05) is 45.8 Å². The topological polar surface area (TPSA) is 73.3 Å². The lowest BCUT2D eigenvalue weighted by atomic mass is 10.2. The fourth-order valence-corrected chi connectivity index (χ4v) is 3.23. The van der Waals surface area contributed by atoms with Gasteiger partial charge in [-0.1, -0.05) is 6.92 Å². The minimum absolute atomic E-state index is 0.176. The number of rotatable bonds is 3. The first-order valence-corrected chi connectivity index (χ1v) is 7.53. The summed E-state index contributed by atoms with van der Waals surface area (Å²) in [7, 11) is 1.56. The van der Waals surface area contributed by atoms with E-state index >= 15 is 0 Å². The molecule has 2 aliphatic heterocycles. The molecule has 3 atom stereocenters. The first kappa shape index (κ1) is 16.0. The molecule has 0 bridgehead atoms. The second kappa shape index (κ2) is 6.62. The van der Waals surface area contributed by atoms with Crippen LogP contribution in [-0.2, 0) is 9.53 Å². The Morgan fingerprint density at radius 2 is 2.00 bits per heavy atom. The third-order valence-electron chi connectivity index (χ3n) is 4.57. The molecule has 2 heterocycles. The number of piperazine rings is 1. The summed E-state index contributed by atoms with van der Waals surface area (Å²) in [4.78, 5) is 29.5. The van der Waals surface area contributed by atoms with Crippen molar-refractivity contribution in [3.8, 4) is 0 Å². The molecule has 0 aromatic rings. The van der Waals surface area contributed by atoms with Gasteiger partial charge in [-0.3, -0.25) is 4.90 Å². The molecule has 0 aromatic carbocycles. The smallest absolute Gasteiger partial charge is 0.326 e. The number of carboxylic acid groups (broad SMARTS) is 1. The highest BCUT2D eigenvalue weighted by Crippen LogP contribution is 2.23. The van der Waals surface area contributed by atoms with E-state index in [1.807, 2.05) is 0 Å². The number of likely N-dealkylation sites (N-methyl/N-ethyl adjacent to an activating group) is 1. The lowest BCUT2D eigenvalue weighted by Gasteiger charge is -2.41. The zero-order valence-electron chi connectivity index (χ0n) is 13.0. The quantitative estimate of drug-likeness (QED) is 0.812. The van der Waals surface area contributed by atoms with E-state index in [0.717, 1.165) is 13.1 Å². The molecule has 0 radical (unpaired) electrons. The Kier molecular flexibility index (Phi) is 5.05. The van der Waals surface area contributed by atoms with Gasteiger partial charge in [-0.2, -0.15) is 0 Å². The zero-order chi connectivity index (χ0) is 15.6. The van der Waals surface area contributed by atoms with Gasteiger partial charge in [0.05, 0.1) is 6.10 Å². The summed E-state index contributed by atoms with van der Waals surface area (Å²) in [5, 5.41) is 9.30. The first-order valence-electron chi connectivity index (χ1n) is 7.53. The average molecular weight is 299 g/mol. The number of methoxy groups -OCH3 is 1. The fourth-order valence-electron chi connectivity index (χ4n) is 3.23. The van der Waals surface area contributed by atoms with Gasteiger partial charge in [0.25, 0.3) is 0 Å². The van der Waals surface area contributed by atoms with Crippen LogP contribution in [0.4, 0.5) is 4.79 Å². The number of aliphatic carboxylic acids is 1. The number of carboxylic acids is 1. The van der Waals surface area contributed by atoms with E-state index < -0.39 is 12.0 Å². The van der Waals surface area contributed by atoms with Crippen LogP contribution in [-0.4, -0.2) is 89.8 Å². The van der Waals surface area contributed by atoms with E-state index in [1.54, 1.807) is 12.0 Å². The fraction of sp³-hybridized carbons (Fsp3) is 0.857. The van der Waals surface area contributed by atoms with Gasteiger partial charge in [0.2, 0.25) is 0 Å². The van der Waals surface area contributed by atoms with E-state index in [-0.39, 0.29) is 12.1 Å². The SMILES string of the molecule is CCN1CCN(C(=O)N2CC(OC)CC2C(=O)O)CC1C. The Labute approximate surface area is 125 Å². The minimum atomic E-state index is -0.955. The van der Waals surface area contributed by atoms with Crippen molar-refractivity contribution < 1.29 is 19.4 Å². The summed E-state index contributed by atoms with van der Waals surface area (Å²) < 4.78 is 5.23.